The first-order chi connectivity index (χ1) is 17.3. The molecule has 0 atom stereocenters. The van der Waals surface area contributed by atoms with E-state index in [4.69, 9.17) is 0 Å². The fraction of sp³-hybridized carbons (Fsp3) is 0.200. The third-order valence-electron chi connectivity index (χ3n) is 8.69. The minimum absolute atomic E-state index is 0.216. The molecule has 0 saturated heterocycles. The lowest BCUT2D eigenvalue weighted by Crippen LogP contribution is -2.27. The summed E-state index contributed by atoms with van der Waals surface area (Å²) in [4.78, 5) is 0. The first kappa shape index (κ1) is 20.7. The van der Waals surface area contributed by atoms with Gasteiger partial charge in [0.1, 0.15) is 0 Å². The third-order valence-corrected chi connectivity index (χ3v) is 8.69. The van der Waals surface area contributed by atoms with E-state index in [2.05, 4.69) is 115 Å². The van der Waals surface area contributed by atoms with Gasteiger partial charge in [-0.1, -0.05) is 122 Å². The zero-order valence-corrected chi connectivity index (χ0v) is 20.1. The summed E-state index contributed by atoms with van der Waals surface area (Å²) < 4.78 is 0. The van der Waals surface area contributed by atoms with Crippen LogP contribution in [0.2, 0.25) is 0 Å². The van der Waals surface area contributed by atoms with E-state index in [-0.39, 0.29) is 5.41 Å². The van der Waals surface area contributed by atoms with Gasteiger partial charge in [0.25, 0.3) is 0 Å². The summed E-state index contributed by atoms with van der Waals surface area (Å²) in [6.45, 7) is 0. The summed E-state index contributed by atoms with van der Waals surface area (Å²) >= 11 is 0. The highest BCUT2D eigenvalue weighted by Crippen LogP contribution is 2.63. The monoisotopic (exact) mass is 450 g/mol. The van der Waals surface area contributed by atoms with Crippen molar-refractivity contribution in [3.05, 3.63) is 132 Å². The minimum atomic E-state index is 0.216. The van der Waals surface area contributed by atoms with E-state index in [1.165, 1.54) is 70.2 Å². The van der Waals surface area contributed by atoms with Crippen LogP contribution in [0.1, 0.15) is 49.1 Å². The van der Waals surface area contributed by atoms with Gasteiger partial charge >= 0.3 is 0 Å². The summed E-state index contributed by atoms with van der Waals surface area (Å²) in [5.74, 6) is 0.411. The molecule has 0 aliphatic heterocycles. The normalized spacial score (nSPS) is 17.9. The molecule has 1 saturated carbocycles. The van der Waals surface area contributed by atoms with Crippen molar-refractivity contribution in [2.75, 3.05) is 0 Å². The lowest BCUT2D eigenvalue weighted by molar-refractivity contribution is 0.320. The summed E-state index contributed by atoms with van der Waals surface area (Å²) in [6, 6.07) is 36.2. The lowest BCUT2D eigenvalue weighted by atomic mass is 9.64. The summed E-state index contributed by atoms with van der Waals surface area (Å²) in [6.07, 6.45) is 13.4. The predicted octanol–water partition coefficient (Wildman–Crippen LogP) is 9.58. The highest BCUT2D eigenvalue weighted by Gasteiger charge is 2.49. The van der Waals surface area contributed by atoms with Crippen LogP contribution in [-0.2, 0) is 0 Å². The summed E-state index contributed by atoms with van der Waals surface area (Å²) in [5, 5.41) is 0. The van der Waals surface area contributed by atoms with Crippen molar-refractivity contribution in [3.63, 3.8) is 0 Å². The van der Waals surface area contributed by atoms with Crippen molar-refractivity contribution in [2.45, 2.75) is 38.0 Å². The molecule has 170 valence electrons. The average molecular weight is 451 g/mol. The Kier molecular flexibility index (Phi) is 4.87. The molecular formula is C35H30. The molecule has 1 fully saturated rings. The molecule has 3 aliphatic rings. The zero-order valence-electron chi connectivity index (χ0n) is 20.1. The molecule has 4 aromatic carbocycles. The largest absolute Gasteiger partial charge is 0.0804 e. The van der Waals surface area contributed by atoms with Crippen LogP contribution in [-0.4, -0.2) is 0 Å². The average Bonchev–Trinajstić information content (AvgIpc) is 3.68. The van der Waals surface area contributed by atoms with Crippen molar-refractivity contribution in [2.24, 2.45) is 5.41 Å². The fourth-order valence-corrected chi connectivity index (χ4v) is 7.09. The fourth-order valence-electron chi connectivity index (χ4n) is 7.09. The second-order valence-corrected chi connectivity index (χ2v) is 10.5. The van der Waals surface area contributed by atoms with Crippen LogP contribution in [0, 0.1) is 5.41 Å². The number of rotatable bonds is 4. The van der Waals surface area contributed by atoms with Gasteiger partial charge in [-0.15, -0.1) is 0 Å². The molecule has 3 aliphatic carbocycles. The SMILES string of the molecule is C1=CCC(C2(C3c4cc(-c5ccccc5)ccc4-c4ccc(-c5ccccc5)cc43)CCCC2)=C1. The van der Waals surface area contributed by atoms with Crippen LogP contribution in [0.5, 0.6) is 0 Å². The maximum Gasteiger partial charge on any atom is 0.0196 e. The van der Waals surface area contributed by atoms with Crippen molar-refractivity contribution >= 4 is 0 Å². The molecule has 0 bridgehead atoms. The van der Waals surface area contributed by atoms with Gasteiger partial charge in [0.15, 0.2) is 0 Å². The maximum absolute atomic E-state index is 2.51. The Hall–Kier alpha value is -3.64. The molecule has 0 aromatic heterocycles. The molecule has 0 spiro atoms. The van der Waals surface area contributed by atoms with Crippen LogP contribution in [0.15, 0.2) is 121 Å². The number of hydrogen-bond donors (Lipinski definition) is 0. The Morgan fingerprint density at radius 1 is 0.571 bits per heavy atom. The molecule has 0 N–H and O–H groups in total. The van der Waals surface area contributed by atoms with E-state index in [1.807, 2.05) is 0 Å². The van der Waals surface area contributed by atoms with E-state index in [0.29, 0.717) is 5.92 Å². The second-order valence-electron chi connectivity index (χ2n) is 10.5. The van der Waals surface area contributed by atoms with Crippen LogP contribution >= 0.6 is 0 Å². The Balaban J connectivity index is 1.45. The van der Waals surface area contributed by atoms with Crippen molar-refractivity contribution < 1.29 is 0 Å². The Morgan fingerprint density at radius 2 is 1.11 bits per heavy atom. The zero-order chi connectivity index (χ0) is 23.2. The van der Waals surface area contributed by atoms with Gasteiger partial charge in [-0.05, 0) is 75.9 Å². The standard InChI is InChI=1S/C35H30/c1-3-11-25(12-4-1)27-17-19-30-31-20-18-28(26-13-5-2-6-14-26)24-33(31)34(32(30)23-27)35(21-9-10-22-35)29-15-7-8-16-29/h1-8,11-15,17-20,23-24,34H,9-10,16,21-22H2. The topological polar surface area (TPSA) is 0 Å². The molecule has 35 heavy (non-hydrogen) atoms. The lowest BCUT2D eigenvalue weighted by Gasteiger charge is -2.39. The van der Waals surface area contributed by atoms with Crippen molar-refractivity contribution in [1.29, 1.82) is 0 Å². The molecule has 0 nitrogen and oxygen atoms in total. The van der Waals surface area contributed by atoms with Gasteiger partial charge in [-0.3, -0.25) is 0 Å². The van der Waals surface area contributed by atoms with Gasteiger partial charge in [0, 0.05) is 11.3 Å². The number of benzene rings is 4. The third kappa shape index (κ3) is 3.27. The van der Waals surface area contributed by atoms with Crippen LogP contribution in [0.25, 0.3) is 33.4 Å². The molecule has 4 aromatic rings. The van der Waals surface area contributed by atoms with Gasteiger partial charge in [0.05, 0.1) is 0 Å². The number of fused-ring (bicyclic) bond motifs is 3. The van der Waals surface area contributed by atoms with Crippen LogP contribution < -0.4 is 0 Å². The molecule has 0 heteroatoms. The van der Waals surface area contributed by atoms with Gasteiger partial charge < -0.3 is 0 Å². The molecule has 7 rings (SSSR count). The van der Waals surface area contributed by atoms with Gasteiger partial charge in [-0.25, -0.2) is 0 Å². The van der Waals surface area contributed by atoms with Crippen LogP contribution in [0.4, 0.5) is 0 Å². The van der Waals surface area contributed by atoms with E-state index in [0.717, 1.165) is 6.42 Å². The Morgan fingerprint density at radius 3 is 1.60 bits per heavy atom. The van der Waals surface area contributed by atoms with Gasteiger partial charge in [-0.2, -0.15) is 0 Å². The van der Waals surface area contributed by atoms with E-state index >= 15 is 0 Å². The quantitative estimate of drug-likeness (QED) is 0.290. The molecule has 0 amide bonds. The van der Waals surface area contributed by atoms with E-state index in [1.54, 1.807) is 5.57 Å². The maximum atomic E-state index is 2.51. The number of hydrogen-bond acceptors (Lipinski definition) is 0. The van der Waals surface area contributed by atoms with Crippen molar-refractivity contribution in [3.8, 4) is 33.4 Å². The van der Waals surface area contributed by atoms with E-state index in [9.17, 15) is 0 Å². The molecular weight excluding hydrogens is 420 g/mol. The Bertz CT molecular complexity index is 1360. The summed E-state index contributed by atoms with van der Waals surface area (Å²) in [5.41, 5.74) is 13.1. The highest BCUT2D eigenvalue weighted by molar-refractivity contribution is 5.85. The predicted molar refractivity (Wildman–Crippen MR) is 147 cm³/mol. The number of allylic oxidation sites excluding steroid dienone is 4. The van der Waals surface area contributed by atoms with Crippen molar-refractivity contribution in [1.82, 2.24) is 0 Å². The van der Waals surface area contributed by atoms with E-state index < -0.39 is 0 Å². The first-order valence-electron chi connectivity index (χ1n) is 13.1. The van der Waals surface area contributed by atoms with Gasteiger partial charge in [0.2, 0.25) is 0 Å². The Labute approximate surface area is 208 Å². The van der Waals surface area contributed by atoms with Crippen LogP contribution in [0.3, 0.4) is 0 Å². The minimum Gasteiger partial charge on any atom is -0.0804 e. The highest BCUT2D eigenvalue weighted by atomic mass is 14.5. The summed E-state index contributed by atoms with van der Waals surface area (Å²) in [7, 11) is 0. The second kappa shape index (κ2) is 8.24. The molecule has 0 heterocycles. The first-order valence-corrected chi connectivity index (χ1v) is 13.1. The smallest absolute Gasteiger partial charge is 0.0196 e. The molecule has 0 radical (unpaired) electrons. The molecule has 0 unspecified atom stereocenters.